The normalized spacial score (nSPS) is 18.1. The molecule has 0 N–H and O–H groups in total. The minimum absolute atomic E-state index is 0.0473. The van der Waals surface area contributed by atoms with Crippen molar-refractivity contribution in [1.82, 2.24) is 18.5 Å². The number of benzene rings is 2. The number of furan rings is 1. The van der Waals surface area contributed by atoms with Gasteiger partial charge in [-0.15, -0.1) is 0 Å². The van der Waals surface area contributed by atoms with Crippen molar-refractivity contribution in [2.75, 3.05) is 13.1 Å². The molecule has 2 aromatic carbocycles. The van der Waals surface area contributed by atoms with Crippen LogP contribution in [0.4, 0.5) is 0 Å². The first-order chi connectivity index (χ1) is 17.2. The second-order valence-corrected chi connectivity index (χ2v) is 10.4. The fourth-order valence-electron chi connectivity index (χ4n) is 5.50. The van der Waals surface area contributed by atoms with Crippen molar-refractivity contribution < 1.29 is 9.21 Å². The summed E-state index contributed by atoms with van der Waals surface area (Å²) < 4.78 is 14.3. The van der Waals surface area contributed by atoms with Crippen LogP contribution < -0.4 is 0 Å². The molecule has 0 spiro atoms. The van der Waals surface area contributed by atoms with Crippen LogP contribution >= 0.6 is 11.7 Å². The van der Waals surface area contributed by atoms with E-state index in [1.54, 1.807) is 12.3 Å². The summed E-state index contributed by atoms with van der Waals surface area (Å²) in [5, 5.41) is 0. The van der Waals surface area contributed by atoms with Crippen LogP contribution in [-0.2, 0) is 13.0 Å². The Labute approximate surface area is 209 Å². The summed E-state index contributed by atoms with van der Waals surface area (Å²) in [4.78, 5) is 18.3. The second-order valence-electron chi connectivity index (χ2n) is 9.88. The third kappa shape index (κ3) is 5.02. The lowest BCUT2D eigenvalue weighted by molar-refractivity contribution is 0.0454. The number of likely N-dealkylation sites (tertiary alicyclic amines) is 1. The van der Waals surface area contributed by atoms with Crippen LogP contribution in [0.25, 0.3) is 11.0 Å². The maximum absolute atomic E-state index is 13.6. The Balaban J connectivity index is 1.19. The van der Waals surface area contributed by atoms with Crippen LogP contribution in [0, 0.1) is 5.92 Å². The van der Waals surface area contributed by atoms with Crippen LogP contribution in [0.1, 0.15) is 47.4 Å². The average molecular weight is 487 g/mol. The molecule has 2 aromatic heterocycles. The summed E-state index contributed by atoms with van der Waals surface area (Å²) in [6.07, 6.45) is 6.85. The van der Waals surface area contributed by atoms with E-state index in [0.717, 1.165) is 62.8 Å². The van der Waals surface area contributed by atoms with Crippen molar-refractivity contribution in [3.63, 3.8) is 0 Å². The number of carbonyl (C=O) groups excluding carboxylic acids is 1. The molecule has 1 amide bonds. The van der Waals surface area contributed by atoms with Crippen LogP contribution in [0.2, 0.25) is 0 Å². The summed E-state index contributed by atoms with van der Waals surface area (Å²) in [7, 11) is 0. The number of rotatable bonds is 8. The molecule has 6 nitrogen and oxygen atoms in total. The highest BCUT2D eigenvalue weighted by atomic mass is 32.1. The van der Waals surface area contributed by atoms with Crippen molar-refractivity contribution in [2.45, 2.75) is 50.7 Å². The summed E-state index contributed by atoms with van der Waals surface area (Å²) in [6.45, 7) is 3.01. The third-order valence-electron chi connectivity index (χ3n) is 7.45. The van der Waals surface area contributed by atoms with Gasteiger partial charge in [-0.1, -0.05) is 36.4 Å². The number of fused-ring (bicyclic) bond motifs is 1. The lowest BCUT2D eigenvalue weighted by atomic mass is 9.84. The molecule has 0 unspecified atom stereocenters. The minimum Gasteiger partial charge on any atom is -0.459 e. The van der Waals surface area contributed by atoms with Gasteiger partial charge in [0, 0.05) is 18.6 Å². The van der Waals surface area contributed by atoms with E-state index in [1.807, 2.05) is 6.07 Å². The van der Waals surface area contributed by atoms with Gasteiger partial charge in [-0.05, 0) is 86.5 Å². The van der Waals surface area contributed by atoms with Crippen LogP contribution in [0.15, 0.2) is 71.3 Å². The molecular weight excluding hydrogens is 456 g/mol. The highest BCUT2D eigenvalue weighted by Crippen LogP contribution is 2.36. The van der Waals surface area contributed by atoms with Crippen molar-refractivity contribution >= 4 is 28.7 Å². The molecule has 4 aromatic rings. The molecule has 1 aliphatic carbocycles. The zero-order chi connectivity index (χ0) is 23.6. The molecule has 2 fully saturated rings. The number of amides is 1. The van der Waals surface area contributed by atoms with Crippen molar-refractivity contribution in [3.8, 4) is 0 Å². The van der Waals surface area contributed by atoms with Gasteiger partial charge in [0.15, 0.2) is 5.76 Å². The molecule has 0 radical (unpaired) electrons. The topological polar surface area (TPSA) is 62.5 Å². The highest BCUT2D eigenvalue weighted by molar-refractivity contribution is 7.00. The maximum Gasteiger partial charge on any atom is 0.290 e. The van der Waals surface area contributed by atoms with E-state index in [4.69, 9.17) is 4.42 Å². The fourth-order valence-corrected chi connectivity index (χ4v) is 6.01. The summed E-state index contributed by atoms with van der Waals surface area (Å²) in [6, 6.07) is 21.2. The lowest BCUT2D eigenvalue weighted by Gasteiger charge is -2.41. The number of nitrogens with zero attached hydrogens (tertiary/aromatic N) is 4. The smallest absolute Gasteiger partial charge is 0.290 e. The van der Waals surface area contributed by atoms with E-state index >= 15 is 0 Å². The molecule has 1 aliphatic heterocycles. The third-order valence-corrected chi connectivity index (χ3v) is 8.01. The first-order valence-corrected chi connectivity index (χ1v) is 13.3. The predicted molar refractivity (Wildman–Crippen MR) is 137 cm³/mol. The van der Waals surface area contributed by atoms with Gasteiger partial charge in [-0.25, -0.2) is 0 Å². The first kappa shape index (κ1) is 22.4. The SMILES string of the molecule is O=C(c1ccco1)N(C1CC1)[C@@H](Cc1ccccc1)C1CCN(Cc2ccc3nsnc3c2)CC1. The van der Waals surface area contributed by atoms with Crippen molar-refractivity contribution in [2.24, 2.45) is 5.92 Å². The van der Waals surface area contributed by atoms with E-state index < -0.39 is 0 Å². The molecule has 35 heavy (non-hydrogen) atoms. The first-order valence-electron chi connectivity index (χ1n) is 12.6. The molecule has 1 atom stereocenters. The highest BCUT2D eigenvalue weighted by Gasteiger charge is 2.42. The number of aromatic nitrogens is 2. The van der Waals surface area contributed by atoms with E-state index in [0.29, 0.717) is 17.7 Å². The van der Waals surface area contributed by atoms with Gasteiger partial charge in [0.2, 0.25) is 0 Å². The molecule has 1 saturated heterocycles. The van der Waals surface area contributed by atoms with E-state index in [-0.39, 0.29) is 11.9 Å². The molecule has 180 valence electrons. The number of hydrogen-bond acceptors (Lipinski definition) is 6. The van der Waals surface area contributed by atoms with Gasteiger partial charge in [0.05, 0.1) is 18.0 Å². The quantitative estimate of drug-likeness (QED) is 0.333. The van der Waals surface area contributed by atoms with Gasteiger partial charge >= 0.3 is 0 Å². The molecule has 3 heterocycles. The Morgan fingerprint density at radius 2 is 1.77 bits per heavy atom. The number of carbonyl (C=O) groups is 1. The molecule has 7 heteroatoms. The van der Waals surface area contributed by atoms with Crippen LogP contribution in [0.5, 0.6) is 0 Å². The number of piperidine rings is 1. The monoisotopic (exact) mass is 486 g/mol. The largest absolute Gasteiger partial charge is 0.459 e. The van der Waals surface area contributed by atoms with Crippen molar-refractivity contribution in [3.05, 3.63) is 83.8 Å². The minimum atomic E-state index is 0.0473. The zero-order valence-corrected chi connectivity index (χ0v) is 20.6. The van der Waals surface area contributed by atoms with Crippen LogP contribution in [0.3, 0.4) is 0 Å². The summed E-state index contributed by atoms with van der Waals surface area (Å²) in [5.74, 6) is 0.974. The van der Waals surface area contributed by atoms with Crippen LogP contribution in [-0.4, -0.2) is 49.6 Å². The van der Waals surface area contributed by atoms with Gasteiger partial charge in [-0.3, -0.25) is 9.69 Å². The van der Waals surface area contributed by atoms with Gasteiger partial charge in [-0.2, -0.15) is 8.75 Å². The molecular formula is C28H30N4O2S. The number of hydrogen-bond donors (Lipinski definition) is 0. The van der Waals surface area contributed by atoms with Gasteiger partial charge in [0.25, 0.3) is 5.91 Å². The average Bonchev–Trinajstić information content (AvgIpc) is 3.36. The fraction of sp³-hybridized carbons (Fsp3) is 0.393. The maximum atomic E-state index is 13.6. The zero-order valence-electron chi connectivity index (χ0n) is 19.8. The Morgan fingerprint density at radius 3 is 2.51 bits per heavy atom. The molecule has 6 rings (SSSR count). The lowest BCUT2D eigenvalue weighted by Crippen LogP contribution is -2.50. The molecule has 0 bridgehead atoms. The van der Waals surface area contributed by atoms with E-state index in [9.17, 15) is 4.79 Å². The summed E-state index contributed by atoms with van der Waals surface area (Å²) >= 11 is 1.27. The van der Waals surface area contributed by atoms with Gasteiger partial charge in [0.1, 0.15) is 11.0 Å². The second kappa shape index (κ2) is 9.91. The standard InChI is InChI=1S/C28H30N4O2S/c33-28(27-7-4-16-34-27)32(23-9-10-23)26(18-20-5-2-1-3-6-20)22-12-14-31(15-13-22)19-21-8-11-24-25(17-21)30-35-29-24/h1-8,11,16-17,22-23,26H,9-10,12-15,18-19H2/t26-/m0/s1. The summed E-state index contributed by atoms with van der Waals surface area (Å²) in [5.41, 5.74) is 4.55. The Morgan fingerprint density at radius 1 is 0.971 bits per heavy atom. The van der Waals surface area contributed by atoms with E-state index in [1.165, 1.54) is 22.9 Å². The Hall–Kier alpha value is -3.03. The molecule has 2 aliphatic rings. The van der Waals surface area contributed by atoms with Gasteiger partial charge < -0.3 is 9.32 Å². The Kier molecular flexibility index (Phi) is 6.35. The Bertz CT molecular complexity index is 1260. The van der Waals surface area contributed by atoms with Crippen molar-refractivity contribution in [1.29, 1.82) is 0 Å². The molecule has 1 saturated carbocycles. The van der Waals surface area contributed by atoms with E-state index in [2.05, 4.69) is 67.1 Å². The predicted octanol–water partition coefficient (Wildman–Crippen LogP) is 5.41.